The van der Waals surface area contributed by atoms with Gasteiger partial charge in [0.05, 0.1) is 18.5 Å². The fourth-order valence-corrected chi connectivity index (χ4v) is 2.30. The molecule has 0 atom stereocenters. The first-order valence-corrected chi connectivity index (χ1v) is 6.93. The molecule has 0 aromatic carbocycles. The average Bonchev–Trinajstić information content (AvgIpc) is 2.41. The molecule has 2 rings (SSSR count). The van der Waals surface area contributed by atoms with Gasteiger partial charge in [-0.25, -0.2) is 4.98 Å². The molecule has 2 aromatic heterocycles. The molecule has 2 aromatic rings. The number of hydrogen-bond donors (Lipinski definition) is 0. The van der Waals surface area contributed by atoms with Crippen LogP contribution in [0.4, 0.5) is 5.69 Å². The number of methoxy groups -OCH3 is 1. The van der Waals surface area contributed by atoms with Gasteiger partial charge in [-0.05, 0) is 38.8 Å². The summed E-state index contributed by atoms with van der Waals surface area (Å²) in [6.45, 7) is 8.17. The zero-order valence-electron chi connectivity index (χ0n) is 12.8. The second kappa shape index (κ2) is 5.99. The van der Waals surface area contributed by atoms with Crippen molar-refractivity contribution in [1.82, 2.24) is 9.97 Å². The SMILES string of the molecule is CCCc1c(N=C(C)C)c(C)nc2nc(OC)ccc12. The van der Waals surface area contributed by atoms with Crippen molar-refractivity contribution in [3.05, 3.63) is 23.4 Å². The smallest absolute Gasteiger partial charge is 0.215 e. The number of rotatable bonds is 4. The molecule has 0 aliphatic heterocycles. The third kappa shape index (κ3) is 2.79. The van der Waals surface area contributed by atoms with Crippen LogP contribution in [-0.4, -0.2) is 22.8 Å². The van der Waals surface area contributed by atoms with Crippen LogP contribution in [0.5, 0.6) is 5.88 Å². The maximum absolute atomic E-state index is 5.18. The van der Waals surface area contributed by atoms with Gasteiger partial charge in [0.1, 0.15) is 0 Å². The van der Waals surface area contributed by atoms with Crippen molar-refractivity contribution in [2.24, 2.45) is 4.99 Å². The summed E-state index contributed by atoms with van der Waals surface area (Å²) >= 11 is 0. The van der Waals surface area contributed by atoms with E-state index in [9.17, 15) is 0 Å². The number of fused-ring (bicyclic) bond motifs is 1. The largest absolute Gasteiger partial charge is 0.481 e. The third-order valence-corrected chi connectivity index (χ3v) is 3.12. The maximum atomic E-state index is 5.18. The van der Waals surface area contributed by atoms with Crippen LogP contribution in [0, 0.1) is 6.92 Å². The van der Waals surface area contributed by atoms with Crippen LogP contribution in [0.25, 0.3) is 11.0 Å². The maximum Gasteiger partial charge on any atom is 0.215 e. The highest BCUT2D eigenvalue weighted by Gasteiger charge is 2.13. The van der Waals surface area contributed by atoms with E-state index in [2.05, 4.69) is 21.9 Å². The van der Waals surface area contributed by atoms with Gasteiger partial charge in [-0.2, -0.15) is 4.98 Å². The van der Waals surface area contributed by atoms with Gasteiger partial charge in [0, 0.05) is 17.2 Å². The molecule has 0 saturated heterocycles. The molecule has 0 bridgehead atoms. The lowest BCUT2D eigenvalue weighted by molar-refractivity contribution is 0.399. The minimum Gasteiger partial charge on any atom is -0.481 e. The minimum atomic E-state index is 0.592. The normalized spacial score (nSPS) is 10.7. The summed E-state index contributed by atoms with van der Waals surface area (Å²) in [6.07, 6.45) is 2.04. The van der Waals surface area contributed by atoms with E-state index in [0.717, 1.165) is 41.0 Å². The van der Waals surface area contributed by atoms with Crippen LogP contribution < -0.4 is 4.74 Å². The molecule has 0 N–H and O–H groups in total. The summed E-state index contributed by atoms with van der Waals surface area (Å²) in [7, 11) is 1.62. The van der Waals surface area contributed by atoms with E-state index in [1.807, 2.05) is 32.9 Å². The highest BCUT2D eigenvalue weighted by atomic mass is 16.5. The molecule has 0 amide bonds. The molecule has 4 nitrogen and oxygen atoms in total. The molecule has 0 aliphatic rings. The second-order valence-corrected chi connectivity index (χ2v) is 5.06. The number of hydrogen-bond acceptors (Lipinski definition) is 4. The Hall–Kier alpha value is -1.97. The number of nitrogens with zero attached hydrogens (tertiary/aromatic N) is 3. The first-order chi connectivity index (χ1) is 9.56. The van der Waals surface area contributed by atoms with Gasteiger partial charge in [-0.15, -0.1) is 0 Å². The van der Waals surface area contributed by atoms with E-state index in [1.54, 1.807) is 7.11 Å². The monoisotopic (exact) mass is 271 g/mol. The van der Waals surface area contributed by atoms with Crippen LogP contribution in [0.3, 0.4) is 0 Å². The van der Waals surface area contributed by atoms with Crippen molar-refractivity contribution in [2.45, 2.75) is 40.5 Å². The first-order valence-electron chi connectivity index (χ1n) is 6.93. The lowest BCUT2D eigenvalue weighted by Gasteiger charge is -2.12. The minimum absolute atomic E-state index is 0.592. The summed E-state index contributed by atoms with van der Waals surface area (Å²) in [5.41, 5.74) is 4.91. The summed E-state index contributed by atoms with van der Waals surface area (Å²) < 4.78 is 5.18. The quantitative estimate of drug-likeness (QED) is 0.789. The Bertz CT molecular complexity index is 658. The number of aliphatic imine (C=N–C) groups is 1. The Balaban J connectivity index is 2.77. The van der Waals surface area contributed by atoms with E-state index in [1.165, 1.54) is 5.56 Å². The fraction of sp³-hybridized carbons (Fsp3) is 0.438. The lowest BCUT2D eigenvalue weighted by Crippen LogP contribution is -1.98. The van der Waals surface area contributed by atoms with Crippen molar-refractivity contribution in [3.8, 4) is 5.88 Å². The van der Waals surface area contributed by atoms with Crippen molar-refractivity contribution >= 4 is 22.4 Å². The molecule has 0 radical (unpaired) electrons. The highest BCUT2D eigenvalue weighted by Crippen LogP contribution is 2.31. The van der Waals surface area contributed by atoms with Crippen LogP contribution in [0.2, 0.25) is 0 Å². The predicted molar refractivity (Wildman–Crippen MR) is 83.3 cm³/mol. The molecule has 0 spiro atoms. The molecule has 106 valence electrons. The van der Waals surface area contributed by atoms with Crippen molar-refractivity contribution in [2.75, 3.05) is 7.11 Å². The van der Waals surface area contributed by atoms with Crippen LogP contribution in [0.15, 0.2) is 17.1 Å². The zero-order valence-corrected chi connectivity index (χ0v) is 12.8. The van der Waals surface area contributed by atoms with Gasteiger partial charge in [0.15, 0.2) is 5.65 Å². The topological polar surface area (TPSA) is 47.4 Å². The standard InChI is InChI=1S/C16H21N3O/c1-6-7-12-13-8-9-14(20-5)19-16(13)18-11(4)15(12)17-10(2)3/h8-9H,6-7H2,1-5H3. The summed E-state index contributed by atoms with van der Waals surface area (Å²) in [4.78, 5) is 13.7. The van der Waals surface area contributed by atoms with Crippen LogP contribution in [0.1, 0.15) is 38.4 Å². The number of aromatic nitrogens is 2. The van der Waals surface area contributed by atoms with Crippen molar-refractivity contribution in [3.63, 3.8) is 0 Å². The Morgan fingerprint density at radius 2 is 2.00 bits per heavy atom. The fourth-order valence-electron chi connectivity index (χ4n) is 2.30. The Kier molecular flexibility index (Phi) is 4.32. The van der Waals surface area contributed by atoms with E-state index in [-0.39, 0.29) is 0 Å². The first kappa shape index (κ1) is 14.4. The van der Waals surface area contributed by atoms with E-state index >= 15 is 0 Å². The van der Waals surface area contributed by atoms with E-state index in [0.29, 0.717) is 5.88 Å². The summed E-state index contributed by atoms with van der Waals surface area (Å²) in [5.74, 6) is 0.592. The lowest BCUT2D eigenvalue weighted by atomic mass is 10.0. The van der Waals surface area contributed by atoms with Gasteiger partial charge in [-0.3, -0.25) is 4.99 Å². The molecule has 0 unspecified atom stereocenters. The van der Waals surface area contributed by atoms with Gasteiger partial charge in [-0.1, -0.05) is 13.3 Å². The van der Waals surface area contributed by atoms with Crippen LogP contribution >= 0.6 is 0 Å². The molecule has 4 heteroatoms. The highest BCUT2D eigenvalue weighted by molar-refractivity contribution is 5.88. The summed E-state index contributed by atoms with van der Waals surface area (Å²) in [6, 6.07) is 3.91. The molecular weight excluding hydrogens is 250 g/mol. The molecule has 0 aliphatic carbocycles. The van der Waals surface area contributed by atoms with Gasteiger partial charge >= 0.3 is 0 Å². The summed E-state index contributed by atoms with van der Waals surface area (Å²) in [5, 5.41) is 1.07. The van der Waals surface area contributed by atoms with Crippen molar-refractivity contribution < 1.29 is 4.74 Å². The predicted octanol–water partition coefficient (Wildman–Crippen LogP) is 4.01. The van der Waals surface area contributed by atoms with Gasteiger partial charge in [0.25, 0.3) is 0 Å². The number of ether oxygens (including phenoxy) is 1. The molecule has 0 fully saturated rings. The second-order valence-electron chi connectivity index (χ2n) is 5.06. The van der Waals surface area contributed by atoms with Gasteiger partial charge < -0.3 is 4.74 Å². The van der Waals surface area contributed by atoms with E-state index in [4.69, 9.17) is 4.74 Å². The van der Waals surface area contributed by atoms with E-state index < -0.39 is 0 Å². The third-order valence-electron chi connectivity index (χ3n) is 3.12. The van der Waals surface area contributed by atoms with Crippen molar-refractivity contribution in [1.29, 1.82) is 0 Å². The Labute approximate surface area is 119 Å². The molecule has 20 heavy (non-hydrogen) atoms. The molecular formula is C16H21N3O. The molecule has 0 saturated carbocycles. The number of aryl methyl sites for hydroxylation is 2. The zero-order chi connectivity index (χ0) is 14.7. The average molecular weight is 271 g/mol. The Morgan fingerprint density at radius 1 is 1.25 bits per heavy atom. The van der Waals surface area contributed by atoms with Gasteiger partial charge in [0.2, 0.25) is 5.88 Å². The number of pyridine rings is 2. The molecule has 2 heterocycles. The Morgan fingerprint density at radius 3 is 2.60 bits per heavy atom. The van der Waals surface area contributed by atoms with Crippen LogP contribution in [-0.2, 0) is 6.42 Å².